The highest BCUT2D eigenvalue weighted by atomic mass is 16.5. The SMILES string of the molecule is NC(=O)NCCC(=O)N1CCOCC12CC2. The van der Waals surface area contributed by atoms with E-state index in [0.717, 1.165) is 12.8 Å². The summed E-state index contributed by atoms with van der Waals surface area (Å²) in [6.07, 6.45) is 2.37. The van der Waals surface area contributed by atoms with E-state index in [9.17, 15) is 9.59 Å². The Morgan fingerprint density at radius 1 is 1.44 bits per heavy atom. The molecule has 0 aromatic heterocycles. The standard InChI is InChI=1S/C10H17N3O3/c11-9(15)12-4-1-8(14)13-5-6-16-7-10(13)2-3-10/h1-7H2,(H3,11,12,15). The second-order valence-corrected chi connectivity index (χ2v) is 4.36. The van der Waals surface area contributed by atoms with Crippen molar-refractivity contribution < 1.29 is 14.3 Å². The second kappa shape index (κ2) is 4.29. The molecule has 1 heterocycles. The van der Waals surface area contributed by atoms with E-state index in [1.165, 1.54) is 0 Å². The number of morpholine rings is 1. The molecule has 16 heavy (non-hydrogen) atoms. The number of primary amides is 1. The number of urea groups is 1. The van der Waals surface area contributed by atoms with Crippen molar-refractivity contribution in [2.75, 3.05) is 26.3 Å². The molecule has 1 saturated heterocycles. The molecule has 1 saturated carbocycles. The fourth-order valence-corrected chi connectivity index (χ4v) is 2.11. The van der Waals surface area contributed by atoms with E-state index in [1.54, 1.807) is 0 Å². The Morgan fingerprint density at radius 3 is 2.81 bits per heavy atom. The summed E-state index contributed by atoms with van der Waals surface area (Å²) in [5, 5.41) is 2.42. The fraction of sp³-hybridized carbons (Fsp3) is 0.800. The molecule has 6 nitrogen and oxygen atoms in total. The van der Waals surface area contributed by atoms with Gasteiger partial charge < -0.3 is 20.7 Å². The van der Waals surface area contributed by atoms with E-state index >= 15 is 0 Å². The summed E-state index contributed by atoms with van der Waals surface area (Å²) in [6, 6.07) is -0.587. The number of carbonyl (C=O) groups is 2. The van der Waals surface area contributed by atoms with Crippen molar-refractivity contribution >= 4 is 11.9 Å². The molecule has 0 bridgehead atoms. The molecule has 2 rings (SSSR count). The van der Waals surface area contributed by atoms with Crippen LogP contribution in [0.4, 0.5) is 4.79 Å². The van der Waals surface area contributed by atoms with Crippen LogP contribution in [0, 0.1) is 0 Å². The number of nitrogens with one attached hydrogen (secondary N) is 1. The maximum atomic E-state index is 11.9. The summed E-state index contributed by atoms with van der Waals surface area (Å²) in [5.74, 6) is 0.0783. The molecule has 1 aliphatic carbocycles. The van der Waals surface area contributed by atoms with Crippen molar-refractivity contribution in [2.24, 2.45) is 5.73 Å². The number of rotatable bonds is 3. The van der Waals surface area contributed by atoms with Crippen LogP contribution in [0.3, 0.4) is 0 Å². The molecule has 0 atom stereocenters. The highest BCUT2D eigenvalue weighted by molar-refractivity contribution is 5.79. The molecule has 2 fully saturated rings. The lowest BCUT2D eigenvalue weighted by molar-refractivity contribution is -0.141. The third kappa shape index (κ3) is 2.27. The first kappa shape index (κ1) is 11.2. The van der Waals surface area contributed by atoms with E-state index in [1.807, 2.05) is 4.90 Å². The zero-order valence-electron chi connectivity index (χ0n) is 9.20. The van der Waals surface area contributed by atoms with Crippen molar-refractivity contribution in [2.45, 2.75) is 24.8 Å². The molecule has 0 unspecified atom stereocenters. The van der Waals surface area contributed by atoms with Crippen LogP contribution in [-0.2, 0) is 9.53 Å². The highest BCUT2D eigenvalue weighted by Gasteiger charge is 2.51. The highest BCUT2D eigenvalue weighted by Crippen LogP contribution is 2.43. The maximum Gasteiger partial charge on any atom is 0.312 e. The molecule has 1 spiro atoms. The molecular formula is C10H17N3O3. The first-order valence-corrected chi connectivity index (χ1v) is 5.56. The lowest BCUT2D eigenvalue weighted by Crippen LogP contribution is -2.51. The Kier molecular flexibility index (Phi) is 3.00. The van der Waals surface area contributed by atoms with Crippen LogP contribution in [0.2, 0.25) is 0 Å². The first-order chi connectivity index (χ1) is 7.64. The minimum absolute atomic E-state index is 0.0257. The predicted octanol–water partition coefficient (Wildman–Crippen LogP) is -0.564. The van der Waals surface area contributed by atoms with Crippen LogP contribution in [-0.4, -0.2) is 48.7 Å². The molecule has 2 aliphatic rings. The summed E-state index contributed by atoms with van der Waals surface area (Å²) >= 11 is 0. The summed E-state index contributed by atoms with van der Waals surface area (Å²) in [6.45, 7) is 2.23. The smallest absolute Gasteiger partial charge is 0.312 e. The van der Waals surface area contributed by atoms with Gasteiger partial charge in [-0.3, -0.25) is 4.79 Å². The third-order valence-electron chi connectivity index (χ3n) is 3.17. The molecule has 3 amide bonds. The van der Waals surface area contributed by atoms with Crippen LogP contribution in [0.1, 0.15) is 19.3 Å². The molecule has 3 N–H and O–H groups in total. The van der Waals surface area contributed by atoms with Gasteiger partial charge in [-0.05, 0) is 12.8 Å². The van der Waals surface area contributed by atoms with Gasteiger partial charge in [0.05, 0.1) is 18.8 Å². The van der Waals surface area contributed by atoms with E-state index < -0.39 is 6.03 Å². The van der Waals surface area contributed by atoms with Gasteiger partial charge in [0.25, 0.3) is 0 Å². The zero-order chi connectivity index (χ0) is 11.6. The van der Waals surface area contributed by atoms with Crippen molar-refractivity contribution in [1.29, 1.82) is 0 Å². The van der Waals surface area contributed by atoms with Gasteiger partial charge in [0.15, 0.2) is 0 Å². The number of nitrogens with zero attached hydrogens (tertiary/aromatic N) is 1. The average molecular weight is 227 g/mol. The fourth-order valence-electron chi connectivity index (χ4n) is 2.11. The lowest BCUT2D eigenvalue weighted by Gasteiger charge is -2.36. The predicted molar refractivity (Wildman–Crippen MR) is 56.7 cm³/mol. The van der Waals surface area contributed by atoms with Gasteiger partial charge in [-0.15, -0.1) is 0 Å². The largest absolute Gasteiger partial charge is 0.377 e. The average Bonchev–Trinajstić information content (AvgIpc) is 2.98. The van der Waals surface area contributed by atoms with Gasteiger partial charge in [-0.1, -0.05) is 0 Å². The van der Waals surface area contributed by atoms with Crippen LogP contribution in [0.5, 0.6) is 0 Å². The Morgan fingerprint density at radius 2 is 2.19 bits per heavy atom. The molecular weight excluding hydrogens is 210 g/mol. The summed E-state index contributed by atoms with van der Waals surface area (Å²) in [7, 11) is 0. The maximum absolute atomic E-state index is 11.9. The molecule has 0 radical (unpaired) electrons. The van der Waals surface area contributed by atoms with Gasteiger partial charge >= 0.3 is 6.03 Å². The summed E-state index contributed by atoms with van der Waals surface area (Å²) < 4.78 is 5.39. The normalized spacial score (nSPS) is 21.9. The number of hydrogen-bond donors (Lipinski definition) is 2. The van der Waals surface area contributed by atoms with Crippen LogP contribution in [0.15, 0.2) is 0 Å². The third-order valence-corrected chi connectivity index (χ3v) is 3.17. The number of nitrogens with two attached hydrogens (primary N) is 1. The van der Waals surface area contributed by atoms with Crippen LogP contribution < -0.4 is 11.1 Å². The van der Waals surface area contributed by atoms with E-state index in [4.69, 9.17) is 10.5 Å². The van der Waals surface area contributed by atoms with Gasteiger partial charge in [-0.2, -0.15) is 0 Å². The van der Waals surface area contributed by atoms with E-state index in [-0.39, 0.29) is 11.4 Å². The molecule has 0 aromatic rings. The molecule has 0 aromatic carbocycles. The van der Waals surface area contributed by atoms with E-state index in [0.29, 0.717) is 32.7 Å². The Balaban J connectivity index is 1.81. The molecule has 1 aliphatic heterocycles. The number of ether oxygens (including phenoxy) is 1. The second-order valence-electron chi connectivity index (χ2n) is 4.36. The summed E-state index contributed by atoms with van der Waals surface area (Å²) in [4.78, 5) is 24.3. The van der Waals surface area contributed by atoms with Crippen molar-refractivity contribution in [3.8, 4) is 0 Å². The Hall–Kier alpha value is -1.30. The Labute approximate surface area is 94.1 Å². The number of amides is 3. The minimum atomic E-state index is -0.587. The van der Waals surface area contributed by atoms with Gasteiger partial charge in [-0.25, -0.2) is 4.79 Å². The summed E-state index contributed by atoms with van der Waals surface area (Å²) in [5.41, 5.74) is 4.90. The van der Waals surface area contributed by atoms with Crippen LogP contribution in [0.25, 0.3) is 0 Å². The topological polar surface area (TPSA) is 84.7 Å². The molecule has 6 heteroatoms. The zero-order valence-corrected chi connectivity index (χ0v) is 9.20. The quantitative estimate of drug-likeness (QED) is 0.677. The monoisotopic (exact) mass is 227 g/mol. The van der Waals surface area contributed by atoms with Crippen molar-refractivity contribution in [3.05, 3.63) is 0 Å². The van der Waals surface area contributed by atoms with Crippen molar-refractivity contribution in [1.82, 2.24) is 10.2 Å². The van der Waals surface area contributed by atoms with Crippen molar-refractivity contribution in [3.63, 3.8) is 0 Å². The minimum Gasteiger partial charge on any atom is -0.377 e. The number of hydrogen-bond acceptors (Lipinski definition) is 3. The first-order valence-electron chi connectivity index (χ1n) is 5.56. The lowest BCUT2D eigenvalue weighted by atomic mass is 10.2. The van der Waals surface area contributed by atoms with Crippen LogP contribution >= 0.6 is 0 Å². The molecule has 90 valence electrons. The van der Waals surface area contributed by atoms with Gasteiger partial charge in [0, 0.05) is 19.5 Å². The van der Waals surface area contributed by atoms with E-state index in [2.05, 4.69) is 5.32 Å². The van der Waals surface area contributed by atoms with Gasteiger partial charge in [0.2, 0.25) is 5.91 Å². The number of carbonyl (C=O) groups excluding carboxylic acids is 2. The van der Waals surface area contributed by atoms with Gasteiger partial charge in [0.1, 0.15) is 0 Å². The Bertz CT molecular complexity index is 302.